The molecule has 0 heterocycles. The summed E-state index contributed by atoms with van der Waals surface area (Å²) >= 11 is 12.1. The lowest BCUT2D eigenvalue weighted by atomic mass is 9.79. The molecule has 4 heteroatoms. The van der Waals surface area contributed by atoms with E-state index < -0.39 is 5.60 Å². The SMILES string of the molecule is COC1(C(=O)c2cccc(Cl)c2Cl)CCCCC1. The Kier molecular flexibility index (Phi) is 4.31. The van der Waals surface area contributed by atoms with E-state index in [-0.39, 0.29) is 5.78 Å². The Balaban J connectivity index is 2.37. The average Bonchev–Trinajstić information content (AvgIpc) is 2.42. The Bertz CT molecular complexity index is 451. The quantitative estimate of drug-likeness (QED) is 0.764. The van der Waals surface area contributed by atoms with Gasteiger partial charge in [0.15, 0.2) is 5.78 Å². The highest BCUT2D eigenvalue weighted by Crippen LogP contribution is 2.37. The van der Waals surface area contributed by atoms with Crippen molar-refractivity contribution in [1.82, 2.24) is 0 Å². The summed E-state index contributed by atoms with van der Waals surface area (Å²) in [5.41, 5.74) is -0.250. The fraction of sp³-hybridized carbons (Fsp3) is 0.500. The molecule has 0 amide bonds. The zero-order valence-electron chi connectivity index (χ0n) is 10.3. The molecule has 2 nitrogen and oxygen atoms in total. The van der Waals surface area contributed by atoms with Crippen molar-refractivity contribution in [1.29, 1.82) is 0 Å². The molecule has 1 saturated carbocycles. The molecule has 0 saturated heterocycles. The summed E-state index contributed by atoms with van der Waals surface area (Å²) in [6, 6.07) is 5.14. The largest absolute Gasteiger partial charge is 0.370 e. The van der Waals surface area contributed by atoms with Crippen molar-refractivity contribution in [2.45, 2.75) is 37.7 Å². The van der Waals surface area contributed by atoms with E-state index in [0.717, 1.165) is 32.1 Å². The van der Waals surface area contributed by atoms with E-state index in [1.807, 2.05) is 0 Å². The molecule has 0 atom stereocenters. The Hall–Kier alpha value is -0.570. The van der Waals surface area contributed by atoms with Gasteiger partial charge in [0.1, 0.15) is 5.60 Å². The van der Waals surface area contributed by atoms with Crippen LogP contribution in [0.4, 0.5) is 0 Å². The minimum absolute atomic E-state index is 0.0443. The topological polar surface area (TPSA) is 26.3 Å². The van der Waals surface area contributed by atoms with Gasteiger partial charge in [-0.3, -0.25) is 4.79 Å². The van der Waals surface area contributed by atoms with Crippen molar-refractivity contribution in [3.8, 4) is 0 Å². The number of rotatable bonds is 3. The first kappa shape index (κ1) is 13.9. The van der Waals surface area contributed by atoms with Crippen LogP contribution in [0.2, 0.25) is 10.0 Å². The van der Waals surface area contributed by atoms with Crippen molar-refractivity contribution in [3.63, 3.8) is 0 Å². The minimum Gasteiger partial charge on any atom is -0.370 e. The highest BCUT2D eigenvalue weighted by atomic mass is 35.5. The number of hydrogen-bond donors (Lipinski definition) is 0. The second-order valence-corrected chi connectivity index (χ2v) is 5.47. The van der Waals surface area contributed by atoms with Crippen molar-refractivity contribution in [2.24, 2.45) is 0 Å². The van der Waals surface area contributed by atoms with Crippen LogP contribution in [0.3, 0.4) is 0 Å². The van der Waals surface area contributed by atoms with E-state index in [4.69, 9.17) is 27.9 Å². The number of Topliss-reactive ketones (excluding diaryl/α,β-unsaturated/α-hetero) is 1. The molecular weight excluding hydrogens is 271 g/mol. The zero-order valence-corrected chi connectivity index (χ0v) is 11.9. The predicted molar refractivity (Wildman–Crippen MR) is 73.6 cm³/mol. The molecular formula is C14H16Cl2O2. The van der Waals surface area contributed by atoms with Crippen LogP contribution >= 0.6 is 23.2 Å². The first-order chi connectivity index (χ1) is 8.60. The molecule has 0 aromatic heterocycles. The maximum atomic E-state index is 12.7. The zero-order chi connectivity index (χ0) is 13.2. The molecule has 0 unspecified atom stereocenters. The predicted octanol–water partition coefficient (Wildman–Crippen LogP) is 4.53. The lowest BCUT2D eigenvalue weighted by molar-refractivity contribution is -0.0194. The van der Waals surface area contributed by atoms with Gasteiger partial charge in [-0.1, -0.05) is 48.5 Å². The van der Waals surface area contributed by atoms with E-state index >= 15 is 0 Å². The van der Waals surface area contributed by atoms with Gasteiger partial charge >= 0.3 is 0 Å². The lowest BCUT2D eigenvalue weighted by Crippen LogP contribution is -2.42. The number of benzene rings is 1. The average molecular weight is 287 g/mol. The Morgan fingerprint density at radius 2 is 1.89 bits per heavy atom. The minimum atomic E-state index is -0.716. The van der Waals surface area contributed by atoms with E-state index in [0.29, 0.717) is 15.6 Å². The number of methoxy groups -OCH3 is 1. The third-order valence-corrected chi connectivity index (χ3v) is 4.48. The van der Waals surface area contributed by atoms with Gasteiger partial charge in [-0.15, -0.1) is 0 Å². The highest BCUT2D eigenvalue weighted by molar-refractivity contribution is 6.44. The summed E-state index contributed by atoms with van der Waals surface area (Å²) in [7, 11) is 1.60. The van der Waals surface area contributed by atoms with Crippen molar-refractivity contribution >= 4 is 29.0 Å². The van der Waals surface area contributed by atoms with Gasteiger partial charge in [0.05, 0.1) is 10.0 Å². The van der Waals surface area contributed by atoms with Gasteiger partial charge in [0, 0.05) is 12.7 Å². The molecule has 0 N–H and O–H groups in total. The molecule has 0 spiro atoms. The van der Waals surface area contributed by atoms with Crippen molar-refractivity contribution in [3.05, 3.63) is 33.8 Å². The summed E-state index contributed by atoms with van der Waals surface area (Å²) < 4.78 is 5.54. The molecule has 0 bridgehead atoms. The van der Waals surface area contributed by atoms with Crippen LogP contribution in [0.25, 0.3) is 0 Å². The van der Waals surface area contributed by atoms with Crippen LogP contribution in [0.1, 0.15) is 42.5 Å². The second kappa shape index (κ2) is 5.60. The van der Waals surface area contributed by atoms with Crippen LogP contribution < -0.4 is 0 Å². The van der Waals surface area contributed by atoms with Gasteiger partial charge in [-0.05, 0) is 25.0 Å². The second-order valence-electron chi connectivity index (χ2n) is 4.69. The molecule has 0 aliphatic heterocycles. The van der Waals surface area contributed by atoms with Gasteiger partial charge in [0.2, 0.25) is 0 Å². The standard InChI is InChI=1S/C14H16Cl2O2/c1-18-14(8-3-2-4-9-14)13(17)10-6-5-7-11(15)12(10)16/h5-7H,2-4,8-9H2,1H3. The van der Waals surface area contributed by atoms with Crippen LogP contribution in [-0.4, -0.2) is 18.5 Å². The summed E-state index contributed by atoms with van der Waals surface area (Å²) in [6.07, 6.45) is 4.69. The first-order valence-electron chi connectivity index (χ1n) is 6.15. The number of ether oxygens (including phenoxy) is 1. The summed E-state index contributed by atoms with van der Waals surface area (Å²) in [6.45, 7) is 0. The molecule has 2 rings (SSSR count). The maximum absolute atomic E-state index is 12.7. The normalized spacial score (nSPS) is 18.6. The fourth-order valence-electron chi connectivity index (χ4n) is 2.57. The maximum Gasteiger partial charge on any atom is 0.196 e. The van der Waals surface area contributed by atoms with Crippen molar-refractivity contribution < 1.29 is 9.53 Å². The molecule has 18 heavy (non-hydrogen) atoms. The van der Waals surface area contributed by atoms with E-state index in [1.54, 1.807) is 25.3 Å². The lowest BCUT2D eigenvalue weighted by Gasteiger charge is -2.34. The number of ketones is 1. The molecule has 1 aromatic carbocycles. The Morgan fingerprint density at radius 3 is 2.50 bits per heavy atom. The smallest absolute Gasteiger partial charge is 0.196 e. The number of carbonyl (C=O) groups excluding carboxylic acids is 1. The van der Waals surface area contributed by atoms with Crippen LogP contribution in [-0.2, 0) is 4.74 Å². The van der Waals surface area contributed by atoms with Crippen LogP contribution in [0.5, 0.6) is 0 Å². The summed E-state index contributed by atoms with van der Waals surface area (Å²) in [5, 5.41) is 0.732. The van der Waals surface area contributed by atoms with E-state index in [9.17, 15) is 4.79 Å². The fourth-order valence-corrected chi connectivity index (χ4v) is 2.96. The van der Waals surface area contributed by atoms with Crippen molar-refractivity contribution in [2.75, 3.05) is 7.11 Å². The van der Waals surface area contributed by atoms with Crippen LogP contribution in [0.15, 0.2) is 18.2 Å². The van der Waals surface area contributed by atoms with Gasteiger partial charge < -0.3 is 4.74 Å². The third kappa shape index (κ3) is 2.42. The van der Waals surface area contributed by atoms with E-state index in [1.165, 1.54) is 0 Å². The van der Waals surface area contributed by atoms with Gasteiger partial charge in [-0.25, -0.2) is 0 Å². The summed E-state index contributed by atoms with van der Waals surface area (Å²) in [4.78, 5) is 12.7. The molecule has 1 aliphatic carbocycles. The Morgan fingerprint density at radius 1 is 1.22 bits per heavy atom. The number of halogens is 2. The molecule has 1 aliphatic rings. The monoisotopic (exact) mass is 286 g/mol. The number of hydrogen-bond acceptors (Lipinski definition) is 2. The van der Waals surface area contributed by atoms with Gasteiger partial charge in [-0.2, -0.15) is 0 Å². The molecule has 1 aromatic rings. The van der Waals surface area contributed by atoms with E-state index in [2.05, 4.69) is 0 Å². The third-order valence-electron chi connectivity index (χ3n) is 3.66. The highest BCUT2D eigenvalue weighted by Gasteiger charge is 2.40. The number of carbonyl (C=O) groups is 1. The molecule has 1 fully saturated rings. The molecule has 0 radical (unpaired) electrons. The van der Waals surface area contributed by atoms with Crippen LogP contribution in [0, 0.1) is 0 Å². The summed E-state index contributed by atoms with van der Waals surface area (Å²) in [5.74, 6) is -0.0443. The molecule has 98 valence electrons. The Labute approximate surface area is 117 Å². The van der Waals surface area contributed by atoms with Gasteiger partial charge in [0.25, 0.3) is 0 Å². The first-order valence-corrected chi connectivity index (χ1v) is 6.90.